The average Bonchev–Trinajstić information content (AvgIpc) is 2.40. The third kappa shape index (κ3) is 2.99. The van der Waals surface area contributed by atoms with Crippen LogP contribution in [0.25, 0.3) is 0 Å². The first-order valence-electron chi connectivity index (χ1n) is 5.21. The lowest BCUT2D eigenvalue weighted by Crippen LogP contribution is -2.22. The van der Waals surface area contributed by atoms with Gasteiger partial charge in [0.2, 0.25) is 5.71 Å². The molecule has 0 aliphatic rings. The van der Waals surface area contributed by atoms with Crippen molar-refractivity contribution in [3.05, 3.63) is 23.3 Å². The molecule has 0 saturated carbocycles. The van der Waals surface area contributed by atoms with Gasteiger partial charge in [0, 0.05) is 5.56 Å². The van der Waals surface area contributed by atoms with E-state index >= 15 is 0 Å². The lowest BCUT2D eigenvalue weighted by atomic mass is 10.1. The molecular weight excluding hydrogens is 244 g/mol. The molecule has 19 heavy (non-hydrogen) atoms. The molecule has 0 bridgehead atoms. The van der Waals surface area contributed by atoms with Gasteiger partial charge < -0.3 is 10.5 Å². The molecule has 0 heterocycles. The van der Waals surface area contributed by atoms with Gasteiger partial charge in [0.15, 0.2) is 5.84 Å². The quantitative estimate of drug-likeness (QED) is 0.421. The number of rotatable bonds is 4. The molecule has 0 spiro atoms. The highest BCUT2D eigenvalue weighted by molar-refractivity contribution is 6.45. The van der Waals surface area contributed by atoms with E-state index in [-0.39, 0.29) is 5.71 Å². The number of methoxy groups -OCH3 is 1. The van der Waals surface area contributed by atoms with Gasteiger partial charge in [-0.05, 0) is 19.1 Å². The first kappa shape index (κ1) is 14.0. The fraction of sp³-hybridized carbons (Fsp3) is 0.167. The van der Waals surface area contributed by atoms with Crippen LogP contribution >= 0.6 is 0 Å². The molecule has 0 saturated heterocycles. The predicted molar refractivity (Wildman–Crippen MR) is 71.0 cm³/mol. The van der Waals surface area contributed by atoms with Crippen LogP contribution in [0.15, 0.2) is 17.2 Å². The average molecular weight is 256 g/mol. The SMILES string of the molecule is COc1ccc(C#N)c(N/N=C(\C#N)C(=N)N)c1C. The summed E-state index contributed by atoms with van der Waals surface area (Å²) in [6.45, 7) is 1.75. The summed E-state index contributed by atoms with van der Waals surface area (Å²) < 4.78 is 5.14. The number of amidine groups is 1. The molecule has 0 unspecified atom stereocenters. The molecule has 96 valence electrons. The molecule has 0 radical (unpaired) electrons. The van der Waals surface area contributed by atoms with E-state index in [2.05, 4.69) is 10.5 Å². The van der Waals surface area contributed by atoms with Crippen molar-refractivity contribution in [2.45, 2.75) is 6.92 Å². The number of nitrogens with one attached hydrogen (secondary N) is 2. The van der Waals surface area contributed by atoms with E-state index in [1.807, 2.05) is 6.07 Å². The van der Waals surface area contributed by atoms with Gasteiger partial charge in [-0.25, -0.2) is 0 Å². The van der Waals surface area contributed by atoms with E-state index in [0.29, 0.717) is 22.6 Å². The summed E-state index contributed by atoms with van der Waals surface area (Å²) in [5, 5.41) is 28.6. The number of anilines is 1. The molecule has 4 N–H and O–H groups in total. The number of benzene rings is 1. The molecule has 0 amide bonds. The highest BCUT2D eigenvalue weighted by Gasteiger charge is 2.10. The number of hydrogen-bond donors (Lipinski definition) is 3. The first-order chi connectivity index (χ1) is 9.04. The van der Waals surface area contributed by atoms with Gasteiger partial charge in [-0.3, -0.25) is 10.8 Å². The molecule has 1 aromatic rings. The monoisotopic (exact) mass is 256 g/mol. The molecule has 0 fully saturated rings. The third-order valence-electron chi connectivity index (χ3n) is 2.40. The zero-order valence-corrected chi connectivity index (χ0v) is 10.5. The fourth-order valence-electron chi connectivity index (χ4n) is 1.41. The Hall–Kier alpha value is -3.06. The number of nitrogens with zero attached hydrogens (tertiary/aromatic N) is 3. The van der Waals surface area contributed by atoms with Crippen LogP contribution in [0, 0.1) is 35.0 Å². The van der Waals surface area contributed by atoms with Crippen molar-refractivity contribution in [3.8, 4) is 17.9 Å². The molecule has 7 heteroatoms. The zero-order chi connectivity index (χ0) is 14.4. The molecule has 0 atom stereocenters. The van der Waals surface area contributed by atoms with Crippen LogP contribution in [0.2, 0.25) is 0 Å². The summed E-state index contributed by atoms with van der Waals surface area (Å²) in [7, 11) is 1.51. The maximum Gasteiger partial charge on any atom is 0.201 e. The molecular formula is C12H12N6O. The molecule has 0 aliphatic heterocycles. The lowest BCUT2D eigenvalue weighted by Gasteiger charge is -2.11. The Morgan fingerprint density at radius 3 is 2.63 bits per heavy atom. The van der Waals surface area contributed by atoms with Gasteiger partial charge in [0.25, 0.3) is 0 Å². The number of ether oxygens (including phenoxy) is 1. The minimum atomic E-state index is -0.450. The van der Waals surface area contributed by atoms with Crippen LogP contribution in [0.1, 0.15) is 11.1 Å². The second-order valence-electron chi connectivity index (χ2n) is 3.52. The second kappa shape index (κ2) is 6.03. The van der Waals surface area contributed by atoms with Crippen molar-refractivity contribution in [2.24, 2.45) is 10.8 Å². The predicted octanol–water partition coefficient (Wildman–Crippen LogP) is 1.10. The topological polar surface area (TPSA) is 131 Å². The normalized spacial score (nSPS) is 10.2. The van der Waals surface area contributed by atoms with Gasteiger partial charge in [0.05, 0.1) is 18.4 Å². The van der Waals surface area contributed by atoms with Crippen molar-refractivity contribution >= 4 is 17.2 Å². The number of hydrazone groups is 1. The smallest absolute Gasteiger partial charge is 0.201 e. The number of nitrogens with two attached hydrogens (primary N) is 1. The van der Waals surface area contributed by atoms with Crippen LogP contribution in [0.5, 0.6) is 5.75 Å². The largest absolute Gasteiger partial charge is 0.496 e. The van der Waals surface area contributed by atoms with E-state index in [9.17, 15) is 0 Å². The molecule has 1 aromatic carbocycles. The number of hydrogen-bond acceptors (Lipinski definition) is 6. The maximum atomic E-state index is 9.03. The summed E-state index contributed by atoms with van der Waals surface area (Å²) in [6, 6.07) is 6.92. The Morgan fingerprint density at radius 2 is 2.16 bits per heavy atom. The highest BCUT2D eigenvalue weighted by Crippen LogP contribution is 2.28. The Bertz CT molecular complexity index is 620. The summed E-state index contributed by atoms with van der Waals surface area (Å²) in [5.74, 6) is 0.132. The standard InChI is InChI=1S/C12H12N6O/c1-7-10(19-2)4-3-8(5-13)11(7)18-17-9(6-14)12(15)16/h3-4,18H,1-2H3,(H3,15,16)/b17-9+. The Kier molecular flexibility index (Phi) is 4.44. The molecule has 0 aliphatic carbocycles. The van der Waals surface area contributed by atoms with Crippen molar-refractivity contribution in [3.63, 3.8) is 0 Å². The van der Waals surface area contributed by atoms with Crippen LogP contribution in [-0.2, 0) is 0 Å². The Morgan fingerprint density at radius 1 is 1.47 bits per heavy atom. The van der Waals surface area contributed by atoms with E-state index < -0.39 is 5.84 Å². The molecule has 1 rings (SSSR count). The lowest BCUT2D eigenvalue weighted by molar-refractivity contribution is 0.412. The number of nitriles is 2. The van der Waals surface area contributed by atoms with Crippen LogP contribution < -0.4 is 15.9 Å². The van der Waals surface area contributed by atoms with Crippen molar-refractivity contribution in [2.75, 3.05) is 12.5 Å². The van der Waals surface area contributed by atoms with Crippen LogP contribution in [0.3, 0.4) is 0 Å². The zero-order valence-electron chi connectivity index (χ0n) is 10.5. The minimum Gasteiger partial charge on any atom is -0.496 e. The Labute approximate surface area is 110 Å². The minimum absolute atomic E-state index is 0.258. The highest BCUT2D eigenvalue weighted by atomic mass is 16.5. The van der Waals surface area contributed by atoms with E-state index in [1.165, 1.54) is 7.11 Å². The second-order valence-corrected chi connectivity index (χ2v) is 3.52. The van der Waals surface area contributed by atoms with Crippen LogP contribution in [-0.4, -0.2) is 18.7 Å². The first-order valence-corrected chi connectivity index (χ1v) is 5.21. The van der Waals surface area contributed by atoms with Crippen molar-refractivity contribution < 1.29 is 4.74 Å². The van der Waals surface area contributed by atoms with Gasteiger partial charge in [-0.2, -0.15) is 15.6 Å². The summed E-state index contributed by atoms with van der Waals surface area (Å²) in [6.07, 6.45) is 0. The van der Waals surface area contributed by atoms with Gasteiger partial charge in [-0.1, -0.05) is 0 Å². The fourth-order valence-corrected chi connectivity index (χ4v) is 1.41. The van der Waals surface area contributed by atoms with Gasteiger partial charge in [0.1, 0.15) is 17.9 Å². The molecule has 0 aromatic heterocycles. The van der Waals surface area contributed by atoms with E-state index in [1.54, 1.807) is 25.1 Å². The summed E-state index contributed by atoms with van der Waals surface area (Å²) in [4.78, 5) is 0. The Balaban J connectivity index is 3.24. The van der Waals surface area contributed by atoms with Crippen molar-refractivity contribution in [1.29, 1.82) is 15.9 Å². The van der Waals surface area contributed by atoms with E-state index in [4.69, 9.17) is 26.4 Å². The van der Waals surface area contributed by atoms with Gasteiger partial charge >= 0.3 is 0 Å². The van der Waals surface area contributed by atoms with Crippen molar-refractivity contribution in [1.82, 2.24) is 0 Å². The summed E-state index contributed by atoms with van der Waals surface area (Å²) >= 11 is 0. The third-order valence-corrected chi connectivity index (χ3v) is 2.40. The molecule has 7 nitrogen and oxygen atoms in total. The van der Waals surface area contributed by atoms with Gasteiger partial charge in [-0.15, -0.1) is 0 Å². The van der Waals surface area contributed by atoms with E-state index in [0.717, 1.165) is 0 Å². The summed E-state index contributed by atoms with van der Waals surface area (Å²) in [5.41, 5.74) is 8.93. The van der Waals surface area contributed by atoms with Crippen LogP contribution in [0.4, 0.5) is 5.69 Å². The maximum absolute atomic E-state index is 9.03.